The van der Waals surface area contributed by atoms with Gasteiger partial charge in [-0.2, -0.15) is 0 Å². The molecule has 0 saturated heterocycles. The summed E-state index contributed by atoms with van der Waals surface area (Å²) in [5.41, 5.74) is 3.95. The molecular weight excluding hydrogens is 315 g/mol. The molecule has 0 bridgehead atoms. The first-order chi connectivity index (χ1) is 11.9. The van der Waals surface area contributed by atoms with E-state index >= 15 is 0 Å². The number of hydrogen-bond donors (Lipinski definition) is 2. The molecule has 0 fully saturated rings. The molecule has 3 nitrogen and oxygen atoms in total. The lowest BCUT2D eigenvalue weighted by atomic mass is 9.81. The predicted molar refractivity (Wildman–Crippen MR) is 99.3 cm³/mol. The van der Waals surface area contributed by atoms with Crippen LogP contribution in [0.2, 0.25) is 0 Å². The van der Waals surface area contributed by atoms with Gasteiger partial charge in [-0.25, -0.2) is 4.39 Å². The molecule has 25 heavy (non-hydrogen) atoms. The van der Waals surface area contributed by atoms with Crippen LogP contribution in [-0.2, 0) is 23.2 Å². The van der Waals surface area contributed by atoms with E-state index < -0.39 is 0 Å². The topological polar surface area (TPSA) is 41.1 Å². The molecule has 2 aromatic carbocycles. The Hall–Kier alpha value is -2.20. The standard InChI is InChI=1S/C21H25FN2O/c1-14-4-7-16(8-5-14)21(2,3)12-19(25)24-18-9-6-15-13-23-11-10-17(15)20(18)22/h4-9,23H,10-13H2,1-3H3,(H,24,25). The number of nitrogens with one attached hydrogen (secondary N) is 2. The van der Waals surface area contributed by atoms with E-state index in [9.17, 15) is 9.18 Å². The van der Waals surface area contributed by atoms with Crippen molar-refractivity contribution >= 4 is 11.6 Å². The quantitative estimate of drug-likeness (QED) is 0.880. The summed E-state index contributed by atoms with van der Waals surface area (Å²) in [5.74, 6) is -0.459. The second-order valence-electron chi connectivity index (χ2n) is 7.47. The molecule has 0 aliphatic carbocycles. The van der Waals surface area contributed by atoms with Crippen LogP contribution in [0.3, 0.4) is 0 Å². The van der Waals surface area contributed by atoms with Gasteiger partial charge in [0.05, 0.1) is 5.69 Å². The van der Waals surface area contributed by atoms with Crippen LogP contribution in [0.25, 0.3) is 0 Å². The molecule has 132 valence electrons. The summed E-state index contributed by atoms with van der Waals surface area (Å²) in [6.07, 6.45) is 0.952. The molecule has 2 aromatic rings. The highest BCUT2D eigenvalue weighted by molar-refractivity contribution is 5.92. The van der Waals surface area contributed by atoms with Gasteiger partial charge in [0, 0.05) is 13.0 Å². The normalized spacial score (nSPS) is 14.1. The van der Waals surface area contributed by atoms with Crippen molar-refractivity contribution in [3.05, 3.63) is 64.5 Å². The average molecular weight is 340 g/mol. The van der Waals surface area contributed by atoms with Crippen molar-refractivity contribution in [1.29, 1.82) is 0 Å². The SMILES string of the molecule is Cc1ccc(C(C)(C)CC(=O)Nc2ccc3c(c2F)CCNC3)cc1. The van der Waals surface area contributed by atoms with Gasteiger partial charge in [0.1, 0.15) is 5.82 Å². The van der Waals surface area contributed by atoms with Crippen LogP contribution in [0.4, 0.5) is 10.1 Å². The number of anilines is 1. The minimum Gasteiger partial charge on any atom is -0.324 e. The summed E-state index contributed by atoms with van der Waals surface area (Å²) in [6.45, 7) is 7.55. The summed E-state index contributed by atoms with van der Waals surface area (Å²) >= 11 is 0. The third-order valence-corrected chi connectivity index (χ3v) is 4.92. The van der Waals surface area contributed by atoms with Gasteiger partial charge in [-0.15, -0.1) is 0 Å². The lowest BCUT2D eigenvalue weighted by Crippen LogP contribution is -2.27. The summed E-state index contributed by atoms with van der Waals surface area (Å²) in [4.78, 5) is 12.5. The van der Waals surface area contributed by atoms with Crippen LogP contribution in [-0.4, -0.2) is 12.5 Å². The molecule has 1 aliphatic rings. The molecule has 3 rings (SSSR count). The highest BCUT2D eigenvalue weighted by Gasteiger charge is 2.25. The Kier molecular flexibility index (Phi) is 4.91. The average Bonchev–Trinajstić information content (AvgIpc) is 2.57. The number of hydrogen-bond acceptors (Lipinski definition) is 2. The van der Waals surface area contributed by atoms with E-state index in [4.69, 9.17) is 0 Å². The zero-order valence-corrected chi connectivity index (χ0v) is 15.1. The van der Waals surface area contributed by atoms with E-state index in [1.54, 1.807) is 6.07 Å². The number of carbonyl (C=O) groups is 1. The molecule has 0 saturated carbocycles. The van der Waals surface area contributed by atoms with Crippen LogP contribution >= 0.6 is 0 Å². The molecule has 0 unspecified atom stereocenters. The van der Waals surface area contributed by atoms with Crippen molar-refractivity contribution < 1.29 is 9.18 Å². The number of halogens is 1. The molecule has 1 aliphatic heterocycles. The lowest BCUT2D eigenvalue weighted by molar-refractivity contribution is -0.117. The Balaban J connectivity index is 1.73. The fourth-order valence-electron chi connectivity index (χ4n) is 3.33. The minimum atomic E-state index is -0.313. The Bertz CT molecular complexity index is 781. The first-order valence-corrected chi connectivity index (χ1v) is 8.75. The van der Waals surface area contributed by atoms with Crippen LogP contribution < -0.4 is 10.6 Å². The van der Waals surface area contributed by atoms with E-state index in [1.165, 1.54) is 5.56 Å². The van der Waals surface area contributed by atoms with Gasteiger partial charge in [-0.05, 0) is 48.1 Å². The highest BCUT2D eigenvalue weighted by Crippen LogP contribution is 2.29. The Morgan fingerprint density at radius 3 is 2.64 bits per heavy atom. The predicted octanol–water partition coefficient (Wildman–Crippen LogP) is 4.09. The summed E-state index contributed by atoms with van der Waals surface area (Å²) in [6, 6.07) is 11.8. The monoisotopic (exact) mass is 340 g/mol. The molecule has 1 heterocycles. The smallest absolute Gasteiger partial charge is 0.225 e. The highest BCUT2D eigenvalue weighted by atomic mass is 19.1. The zero-order valence-electron chi connectivity index (χ0n) is 15.1. The van der Waals surface area contributed by atoms with Crippen molar-refractivity contribution in [1.82, 2.24) is 5.32 Å². The largest absolute Gasteiger partial charge is 0.324 e. The van der Waals surface area contributed by atoms with Gasteiger partial charge in [0.2, 0.25) is 5.91 Å². The fourth-order valence-corrected chi connectivity index (χ4v) is 3.33. The molecule has 1 amide bonds. The molecule has 0 spiro atoms. The second kappa shape index (κ2) is 6.96. The molecule has 0 aromatic heterocycles. The number of aryl methyl sites for hydroxylation is 1. The summed E-state index contributed by atoms with van der Waals surface area (Å²) in [5, 5.41) is 5.99. The number of benzene rings is 2. The van der Waals surface area contributed by atoms with Crippen LogP contribution in [0.15, 0.2) is 36.4 Å². The number of amides is 1. The van der Waals surface area contributed by atoms with E-state index in [0.717, 1.165) is 17.7 Å². The van der Waals surface area contributed by atoms with Crippen LogP contribution in [0.1, 0.15) is 42.5 Å². The maximum absolute atomic E-state index is 14.7. The van der Waals surface area contributed by atoms with Crippen molar-refractivity contribution in [2.45, 2.75) is 45.6 Å². The Morgan fingerprint density at radius 2 is 1.92 bits per heavy atom. The van der Waals surface area contributed by atoms with E-state index in [0.29, 0.717) is 24.9 Å². The summed E-state index contributed by atoms with van der Waals surface area (Å²) in [7, 11) is 0. The first-order valence-electron chi connectivity index (χ1n) is 8.75. The lowest BCUT2D eigenvalue weighted by Gasteiger charge is -2.25. The van der Waals surface area contributed by atoms with Gasteiger partial charge in [0.25, 0.3) is 0 Å². The third-order valence-electron chi connectivity index (χ3n) is 4.92. The Labute approximate surface area is 148 Å². The molecule has 0 radical (unpaired) electrons. The van der Waals surface area contributed by atoms with E-state index in [2.05, 4.69) is 22.8 Å². The van der Waals surface area contributed by atoms with Crippen LogP contribution in [0.5, 0.6) is 0 Å². The number of fused-ring (bicyclic) bond motifs is 1. The van der Waals surface area contributed by atoms with Gasteiger partial charge in [-0.3, -0.25) is 4.79 Å². The van der Waals surface area contributed by atoms with Crippen molar-refractivity contribution in [2.75, 3.05) is 11.9 Å². The maximum atomic E-state index is 14.7. The molecule has 4 heteroatoms. The number of carbonyl (C=O) groups excluding carboxylic acids is 1. The fraction of sp³-hybridized carbons (Fsp3) is 0.381. The first kappa shape index (κ1) is 17.6. The molecular formula is C21H25FN2O. The third kappa shape index (κ3) is 3.90. The Morgan fingerprint density at radius 1 is 1.20 bits per heavy atom. The minimum absolute atomic E-state index is 0.168. The van der Waals surface area contributed by atoms with E-state index in [-0.39, 0.29) is 22.8 Å². The van der Waals surface area contributed by atoms with Gasteiger partial charge in [-0.1, -0.05) is 49.7 Å². The second-order valence-corrected chi connectivity index (χ2v) is 7.47. The zero-order chi connectivity index (χ0) is 18.0. The van der Waals surface area contributed by atoms with Gasteiger partial charge >= 0.3 is 0 Å². The van der Waals surface area contributed by atoms with Crippen molar-refractivity contribution in [3.8, 4) is 0 Å². The summed E-state index contributed by atoms with van der Waals surface area (Å²) < 4.78 is 14.7. The maximum Gasteiger partial charge on any atom is 0.225 e. The van der Waals surface area contributed by atoms with Crippen molar-refractivity contribution in [3.63, 3.8) is 0 Å². The van der Waals surface area contributed by atoms with Gasteiger partial charge in [0.15, 0.2) is 0 Å². The molecule has 2 N–H and O–H groups in total. The van der Waals surface area contributed by atoms with Crippen molar-refractivity contribution in [2.24, 2.45) is 0 Å². The molecule has 0 atom stereocenters. The number of rotatable bonds is 4. The van der Waals surface area contributed by atoms with E-state index in [1.807, 2.05) is 39.0 Å². The van der Waals surface area contributed by atoms with Crippen LogP contribution in [0, 0.1) is 12.7 Å². The van der Waals surface area contributed by atoms with Gasteiger partial charge < -0.3 is 10.6 Å².